The Morgan fingerprint density at radius 3 is 2.48 bits per heavy atom. The van der Waals surface area contributed by atoms with Crippen molar-refractivity contribution in [2.24, 2.45) is 0 Å². The number of hydrogen-bond acceptors (Lipinski definition) is 5. The van der Waals surface area contributed by atoms with Crippen molar-refractivity contribution < 1.29 is 18.2 Å². The fourth-order valence-electron chi connectivity index (χ4n) is 2.06. The zero-order chi connectivity index (χ0) is 14.9. The molecule has 3 rings (SSSR count). The molecule has 1 saturated heterocycles. The summed E-state index contributed by atoms with van der Waals surface area (Å²) in [5.74, 6) is 1.48. The van der Waals surface area contributed by atoms with Crippen molar-refractivity contribution in [1.29, 1.82) is 0 Å². The van der Waals surface area contributed by atoms with Gasteiger partial charge in [0.25, 0.3) is 0 Å². The van der Waals surface area contributed by atoms with E-state index in [4.69, 9.17) is 9.47 Å². The van der Waals surface area contributed by atoms with Gasteiger partial charge in [0.1, 0.15) is 17.6 Å². The molecule has 1 aromatic carbocycles. The van der Waals surface area contributed by atoms with Crippen molar-refractivity contribution in [3.05, 3.63) is 41.8 Å². The maximum atomic E-state index is 12.2. The Balaban J connectivity index is 1.57. The molecule has 0 saturated carbocycles. The Morgan fingerprint density at radius 1 is 1.24 bits per heavy atom. The summed E-state index contributed by atoms with van der Waals surface area (Å²) in [6.07, 6.45) is -0.104. The molecule has 0 spiro atoms. The molecule has 1 unspecified atom stereocenters. The lowest BCUT2D eigenvalue weighted by Gasteiger charge is -2.38. The lowest BCUT2D eigenvalue weighted by atomic mass is 10.2. The van der Waals surface area contributed by atoms with Crippen LogP contribution in [0.15, 0.2) is 46.0 Å². The molecule has 5 nitrogen and oxygen atoms in total. The fourth-order valence-corrected chi connectivity index (χ4v) is 4.70. The molecular formula is C14H15NO4S2. The Bertz CT molecular complexity index is 636. The highest BCUT2D eigenvalue weighted by Gasteiger charge is 2.43. The number of sulfonamides is 1. The fraction of sp³-hybridized carbons (Fsp3) is 0.286. The second kappa shape index (κ2) is 5.76. The van der Waals surface area contributed by atoms with Crippen LogP contribution in [0.4, 0.5) is 0 Å². The van der Waals surface area contributed by atoms with Gasteiger partial charge in [-0.2, -0.15) is 0 Å². The third-order valence-electron chi connectivity index (χ3n) is 3.27. The Hall–Kier alpha value is -1.41. The van der Waals surface area contributed by atoms with Crippen molar-refractivity contribution in [3.8, 4) is 11.5 Å². The second-order valence-corrected chi connectivity index (χ2v) is 7.78. The lowest BCUT2D eigenvalue weighted by Crippen LogP contribution is -2.57. The molecule has 21 heavy (non-hydrogen) atoms. The van der Waals surface area contributed by atoms with E-state index in [-0.39, 0.29) is 6.10 Å². The summed E-state index contributed by atoms with van der Waals surface area (Å²) in [7, 11) is -1.74. The molecule has 1 fully saturated rings. The van der Waals surface area contributed by atoms with E-state index in [9.17, 15) is 8.76 Å². The van der Waals surface area contributed by atoms with Crippen LogP contribution in [-0.4, -0.2) is 35.2 Å². The van der Waals surface area contributed by atoms with Crippen LogP contribution in [0.25, 0.3) is 0 Å². The first-order chi connectivity index (χ1) is 10.1. The third kappa shape index (κ3) is 2.96. The van der Waals surface area contributed by atoms with E-state index in [2.05, 4.69) is 0 Å². The average Bonchev–Trinajstić information content (AvgIpc) is 2.97. The molecule has 0 aliphatic carbocycles. The summed E-state index contributed by atoms with van der Waals surface area (Å²) >= 11 is 1.23. The number of ether oxygens (including phenoxy) is 2. The smallest absolute Gasteiger partial charge is 0.229 e. The first-order valence-electron chi connectivity index (χ1n) is 6.44. The predicted molar refractivity (Wildman–Crippen MR) is 80.4 cm³/mol. The summed E-state index contributed by atoms with van der Waals surface area (Å²) in [6.45, 7) is 0.762. The third-order valence-corrected chi connectivity index (χ3v) is 6.47. The molecule has 1 aromatic heterocycles. The van der Waals surface area contributed by atoms with Crippen molar-refractivity contribution in [2.45, 2.75) is 10.3 Å². The largest absolute Gasteiger partial charge is 0.592 e. The highest BCUT2D eigenvalue weighted by molar-refractivity contribution is 7.97. The van der Waals surface area contributed by atoms with Crippen molar-refractivity contribution in [1.82, 2.24) is 4.31 Å². The minimum Gasteiger partial charge on any atom is -0.592 e. The van der Waals surface area contributed by atoms with Gasteiger partial charge in [-0.05, 0) is 35.7 Å². The van der Waals surface area contributed by atoms with Crippen LogP contribution in [0.2, 0.25) is 0 Å². The van der Waals surface area contributed by atoms with Gasteiger partial charge >= 0.3 is 0 Å². The van der Waals surface area contributed by atoms with Gasteiger partial charge in [-0.25, -0.2) is 0 Å². The number of methoxy groups -OCH3 is 1. The molecule has 0 N–H and O–H groups in total. The van der Waals surface area contributed by atoms with Crippen LogP contribution in [0.1, 0.15) is 0 Å². The predicted octanol–water partition coefficient (Wildman–Crippen LogP) is 2.42. The van der Waals surface area contributed by atoms with E-state index in [1.54, 1.807) is 24.6 Å². The maximum Gasteiger partial charge on any atom is 0.229 e. The molecule has 7 heteroatoms. The van der Waals surface area contributed by atoms with Crippen LogP contribution in [0.3, 0.4) is 0 Å². The summed E-state index contributed by atoms with van der Waals surface area (Å²) in [6, 6.07) is 10.6. The quantitative estimate of drug-likeness (QED) is 0.792. The first-order valence-corrected chi connectivity index (χ1v) is 8.76. The van der Waals surface area contributed by atoms with Gasteiger partial charge in [-0.15, -0.1) is 4.31 Å². The number of nitrogens with zero attached hydrogens (tertiary/aromatic N) is 1. The summed E-state index contributed by atoms with van der Waals surface area (Å²) < 4.78 is 37.1. The Labute approximate surface area is 128 Å². The average molecular weight is 325 g/mol. The molecule has 2 heterocycles. The van der Waals surface area contributed by atoms with E-state index in [0.717, 1.165) is 5.75 Å². The maximum absolute atomic E-state index is 12.2. The summed E-state index contributed by atoms with van der Waals surface area (Å²) in [4.78, 5) is 0. The van der Waals surface area contributed by atoms with E-state index < -0.39 is 10.4 Å². The molecule has 1 atom stereocenters. The van der Waals surface area contributed by atoms with Gasteiger partial charge in [0.2, 0.25) is 4.21 Å². The van der Waals surface area contributed by atoms with Crippen LogP contribution < -0.4 is 9.47 Å². The van der Waals surface area contributed by atoms with E-state index in [1.807, 2.05) is 24.3 Å². The lowest BCUT2D eigenvalue weighted by molar-refractivity contribution is 0.0705. The number of hydrogen-bond donors (Lipinski definition) is 0. The Morgan fingerprint density at radius 2 is 1.90 bits per heavy atom. The van der Waals surface area contributed by atoms with Gasteiger partial charge in [-0.1, -0.05) is 15.5 Å². The number of benzene rings is 1. The van der Waals surface area contributed by atoms with Crippen LogP contribution >= 0.6 is 11.3 Å². The minimum atomic E-state index is -3.34. The summed E-state index contributed by atoms with van der Waals surface area (Å²) in [5.41, 5.74) is 0. The molecule has 0 radical (unpaired) electrons. The standard InChI is InChI=1S/C14H15NO4S2/c1-18-11-4-6-12(7-5-11)19-13-9-15(10-13)21(16,17)14-3-2-8-20-14/h2-8,13H,9-10H2,1H3. The highest BCUT2D eigenvalue weighted by Crippen LogP contribution is 2.31. The van der Waals surface area contributed by atoms with Gasteiger partial charge in [-0.3, -0.25) is 0 Å². The van der Waals surface area contributed by atoms with Gasteiger partial charge in [0.05, 0.1) is 20.2 Å². The number of rotatable bonds is 5. The molecule has 0 amide bonds. The Kier molecular flexibility index (Phi) is 3.99. The van der Waals surface area contributed by atoms with Crippen LogP contribution in [0.5, 0.6) is 11.5 Å². The topological polar surface area (TPSA) is 61.8 Å². The van der Waals surface area contributed by atoms with E-state index >= 15 is 0 Å². The van der Waals surface area contributed by atoms with Crippen molar-refractivity contribution >= 4 is 21.7 Å². The van der Waals surface area contributed by atoms with Crippen molar-refractivity contribution in [2.75, 3.05) is 20.2 Å². The molecular weight excluding hydrogens is 310 g/mol. The van der Waals surface area contributed by atoms with Gasteiger partial charge in [0.15, 0.2) is 10.4 Å². The number of thiophene rings is 1. The zero-order valence-corrected chi connectivity index (χ0v) is 13.1. The molecule has 0 bridgehead atoms. The van der Waals surface area contributed by atoms with Crippen molar-refractivity contribution in [3.63, 3.8) is 0 Å². The molecule has 2 aromatic rings. The normalized spacial score (nSPS) is 18.8. The molecule has 1 aliphatic rings. The molecule has 1 aliphatic heterocycles. The van der Waals surface area contributed by atoms with Crippen LogP contribution in [-0.2, 0) is 14.6 Å². The second-order valence-electron chi connectivity index (χ2n) is 4.67. The zero-order valence-electron chi connectivity index (χ0n) is 11.4. The highest BCUT2D eigenvalue weighted by atomic mass is 32.3. The minimum absolute atomic E-state index is 0.104. The van der Waals surface area contributed by atoms with Gasteiger partial charge < -0.3 is 14.0 Å². The first kappa shape index (κ1) is 14.5. The van der Waals surface area contributed by atoms with Gasteiger partial charge in [0, 0.05) is 6.07 Å². The van der Waals surface area contributed by atoms with E-state index in [0.29, 0.717) is 23.0 Å². The van der Waals surface area contributed by atoms with E-state index in [1.165, 1.54) is 15.6 Å². The SMILES string of the molecule is COc1ccc(OC2CN([S+](=O)([O-])c3cccs3)C2)cc1. The summed E-state index contributed by atoms with van der Waals surface area (Å²) in [5, 5.41) is 1.76. The monoisotopic (exact) mass is 325 g/mol. The van der Waals surface area contributed by atoms with Crippen LogP contribution in [0, 0.1) is 0 Å². The molecule has 112 valence electrons.